The summed E-state index contributed by atoms with van der Waals surface area (Å²) in [6, 6.07) is 0. The summed E-state index contributed by atoms with van der Waals surface area (Å²) in [4.78, 5) is 22.7. The van der Waals surface area contributed by atoms with Gasteiger partial charge >= 0.3 is 13.1 Å². The van der Waals surface area contributed by atoms with Crippen molar-refractivity contribution in [3.05, 3.63) is 12.4 Å². The number of hydrogen-bond acceptors (Lipinski definition) is 7. The van der Waals surface area contributed by atoms with Crippen molar-refractivity contribution in [2.24, 2.45) is 5.92 Å². The molecule has 0 bridgehead atoms. The number of hydrogen-bond donors (Lipinski definition) is 0. The second-order valence-corrected chi connectivity index (χ2v) is 7.71. The van der Waals surface area contributed by atoms with Crippen molar-refractivity contribution in [1.82, 2.24) is 9.97 Å². The summed E-state index contributed by atoms with van der Waals surface area (Å²) in [6.45, 7) is 9.49. The highest BCUT2D eigenvalue weighted by atomic mass is 16.7. The molecule has 2 fully saturated rings. The summed E-state index contributed by atoms with van der Waals surface area (Å²) in [6.07, 6.45) is 5.25. The lowest BCUT2D eigenvalue weighted by Crippen LogP contribution is -2.41. The molecule has 2 aliphatic rings. The molecule has 0 spiro atoms. The third-order valence-electron chi connectivity index (χ3n) is 5.42. The van der Waals surface area contributed by atoms with Crippen LogP contribution in [0.15, 0.2) is 12.4 Å². The van der Waals surface area contributed by atoms with E-state index in [1.54, 1.807) is 12.4 Å². The maximum absolute atomic E-state index is 11.8. The molecular weight excluding hydrogens is 321 g/mol. The number of rotatable bonds is 3. The molecule has 0 N–H and O–H groups in total. The number of nitrogens with zero attached hydrogens (tertiary/aromatic N) is 3. The highest BCUT2D eigenvalue weighted by Crippen LogP contribution is 2.36. The Balaban J connectivity index is 1.70. The third-order valence-corrected chi connectivity index (χ3v) is 5.42. The molecule has 0 aromatic carbocycles. The SMILES string of the molecule is COC(=O)[C@H]1CCCN(c2ncc(B3OC(C)(C)C(C)(C)O3)cn2)C1. The normalized spacial score (nSPS) is 25.1. The monoisotopic (exact) mass is 347 g/mol. The van der Waals surface area contributed by atoms with E-state index >= 15 is 0 Å². The lowest BCUT2D eigenvalue weighted by Gasteiger charge is -2.32. The van der Waals surface area contributed by atoms with E-state index in [1.807, 2.05) is 32.6 Å². The number of aromatic nitrogens is 2. The number of carbonyl (C=O) groups excluding carboxylic acids is 1. The minimum absolute atomic E-state index is 0.120. The predicted octanol–water partition coefficient (Wildman–Crippen LogP) is 1.17. The number of esters is 1. The molecule has 0 saturated carbocycles. The predicted molar refractivity (Wildman–Crippen MR) is 94.7 cm³/mol. The number of anilines is 1. The van der Waals surface area contributed by atoms with Gasteiger partial charge in [0, 0.05) is 30.9 Å². The molecule has 2 aliphatic heterocycles. The first-order valence-corrected chi connectivity index (χ1v) is 8.74. The first-order valence-electron chi connectivity index (χ1n) is 8.74. The van der Waals surface area contributed by atoms with Gasteiger partial charge in [-0.2, -0.15) is 0 Å². The van der Waals surface area contributed by atoms with Crippen molar-refractivity contribution in [3.8, 4) is 0 Å². The van der Waals surface area contributed by atoms with Crippen molar-refractivity contribution in [1.29, 1.82) is 0 Å². The van der Waals surface area contributed by atoms with Crippen molar-refractivity contribution in [2.45, 2.75) is 51.7 Å². The molecule has 1 aromatic rings. The van der Waals surface area contributed by atoms with Gasteiger partial charge in [-0.3, -0.25) is 4.79 Å². The average Bonchev–Trinajstić information content (AvgIpc) is 2.82. The van der Waals surface area contributed by atoms with Crippen LogP contribution in [-0.2, 0) is 18.8 Å². The lowest BCUT2D eigenvalue weighted by atomic mass is 9.81. The molecule has 3 heterocycles. The van der Waals surface area contributed by atoms with Gasteiger partial charge in [0.2, 0.25) is 5.95 Å². The summed E-state index contributed by atoms with van der Waals surface area (Å²) >= 11 is 0. The second-order valence-electron chi connectivity index (χ2n) is 7.71. The van der Waals surface area contributed by atoms with Crippen LogP contribution in [0.2, 0.25) is 0 Å². The molecule has 0 aliphatic carbocycles. The standard InChI is InChI=1S/C17H26BN3O4/c1-16(2)17(3,4)25-18(24-16)13-9-19-15(20-10-13)21-8-6-7-12(11-21)14(22)23-5/h9-10,12H,6-8,11H2,1-5H3/t12-/m0/s1. The fraction of sp³-hybridized carbons (Fsp3) is 0.706. The second kappa shape index (κ2) is 6.57. The summed E-state index contributed by atoms with van der Waals surface area (Å²) in [5.74, 6) is 0.331. The van der Waals surface area contributed by atoms with Gasteiger partial charge in [0.25, 0.3) is 0 Å². The highest BCUT2D eigenvalue weighted by Gasteiger charge is 2.52. The Bertz CT molecular complexity index is 619. The van der Waals surface area contributed by atoms with Crippen molar-refractivity contribution in [3.63, 3.8) is 0 Å². The molecule has 1 aromatic heterocycles. The van der Waals surface area contributed by atoms with E-state index in [1.165, 1.54) is 7.11 Å². The number of methoxy groups -OCH3 is 1. The topological polar surface area (TPSA) is 73.8 Å². The Labute approximate surface area is 149 Å². The molecule has 1 atom stereocenters. The largest absolute Gasteiger partial charge is 0.498 e. The minimum Gasteiger partial charge on any atom is -0.469 e. The third kappa shape index (κ3) is 3.50. The number of ether oxygens (including phenoxy) is 1. The average molecular weight is 347 g/mol. The maximum Gasteiger partial charge on any atom is 0.498 e. The fourth-order valence-corrected chi connectivity index (χ4v) is 3.11. The van der Waals surface area contributed by atoms with E-state index in [-0.39, 0.29) is 11.9 Å². The lowest BCUT2D eigenvalue weighted by molar-refractivity contribution is -0.145. The maximum atomic E-state index is 11.8. The Morgan fingerprint density at radius 3 is 2.40 bits per heavy atom. The zero-order valence-corrected chi connectivity index (χ0v) is 15.6. The summed E-state index contributed by atoms with van der Waals surface area (Å²) in [7, 11) is 0.958. The minimum atomic E-state index is -0.469. The summed E-state index contributed by atoms with van der Waals surface area (Å²) < 4.78 is 16.9. The van der Waals surface area contributed by atoms with Crippen molar-refractivity contribution in [2.75, 3.05) is 25.1 Å². The first-order chi connectivity index (χ1) is 11.7. The van der Waals surface area contributed by atoms with Crippen LogP contribution >= 0.6 is 0 Å². The Morgan fingerprint density at radius 2 is 1.84 bits per heavy atom. The van der Waals surface area contributed by atoms with E-state index < -0.39 is 18.3 Å². The van der Waals surface area contributed by atoms with Gasteiger partial charge in [0.1, 0.15) is 0 Å². The van der Waals surface area contributed by atoms with Crippen molar-refractivity contribution < 1.29 is 18.8 Å². The quantitative estimate of drug-likeness (QED) is 0.600. The van der Waals surface area contributed by atoms with Crippen molar-refractivity contribution >= 4 is 24.5 Å². The molecule has 7 nitrogen and oxygen atoms in total. The summed E-state index contributed by atoms with van der Waals surface area (Å²) in [5, 5.41) is 0. The van der Waals surface area contributed by atoms with Gasteiger partial charge in [0.15, 0.2) is 0 Å². The zero-order valence-electron chi connectivity index (χ0n) is 15.6. The van der Waals surface area contributed by atoms with Gasteiger partial charge in [-0.25, -0.2) is 9.97 Å². The first kappa shape index (κ1) is 18.1. The van der Waals surface area contributed by atoms with Crippen LogP contribution in [0.3, 0.4) is 0 Å². The molecule has 136 valence electrons. The molecule has 3 rings (SSSR count). The molecule has 25 heavy (non-hydrogen) atoms. The smallest absolute Gasteiger partial charge is 0.469 e. The van der Waals surface area contributed by atoms with Crippen LogP contribution in [0, 0.1) is 5.92 Å². The molecule has 8 heteroatoms. The Hall–Kier alpha value is -1.67. The Kier molecular flexibility index (Phi) is 4.77. The Morgan fingerprint density at radius 1 is 1.24 bits per heavy atom. The number of carbonyl (C=O) groups is 1. The van der Waals surface area contributed by atoms with E-state index in [0.717, 1.165) is 24.8 Å². The molecular formula is C17H26BN3O4. The van der Waals surface area contributed by atoms with E-state index in [4.69, 9.17) is 14.0 Å². The molecule has 2 saturated heterocycles. The van der Waals surface area contributed by atoms with Crippen LogP contribution < -0.4 is 10.4 Å². The molecule has 0 radical (unpaired) electrons. The fourth-order valence-electron chi connectivity index (χ4n) is 3.11. The van der Waals surface area contributed by atoms with Crippen LogP contribution in [0.4, 0.5) is 5.95 Å². The van der Waals surface area contributed by atoms with Gasteiger partial charge in [-0.1, -0.05) is 0 Å². The zero-order chi connectivity index (χ0) is 18.2. The van der Waals surface area contributed by atoms with Gasteiger partial charge in [0.05, 0.1) is 24.2 Å². The van der Waals surface area contributed by atoms with E-state index in [9.17, 15) is 4.79 Å². The van der Waals surface area contributed by atoms with E-state index in [2.05, 4.69) is 9.97 Å². The van der Waals surface area contributed by atoms with Crippen LogP contribution in [0.5, 0.6) is 0 Å². The summed E-state index contributed by atoms with van der Waals surface area (Å²) in [5.41, 5.74) is 0.0115. The van der Waals surface area contributed by atoms with Gasteiger partial charge in [-0.15, -0.1) is 0 Å². The van der Waals surface area contributed by atoms with Crippen LogP contribution in [0.1, 0.15) is 40.5 Å². The van der Waals surface area contributed by atoms with Crippen LogP contribution in [-0.4, -0.2) is 54.5 Å². The van der Waals surface area contributed by atoms with Crippen LogP contribution in [0.25, 0.3) is 0 Å². The van der Waals surface area contributed by atoms with Gasteiger partial charge in [-0.05, 0) is 40.5 Å². The molecule has 0 amide bonds. The van der Waals surface area contributed by atoms with Gasteiger partial charge < -0.3 is 18.9 Å². The number of piperidine rings is 1. The molecule has 0 unspecified atom stereocenters. The highest BCUT2D eigenvalue weighted by molar-refractivity contribution is 6.61. The van der Waals surface area contributed by atoms with E-state index in [0.29, 0.717) is 12.5 Å².